The van der Waals surface area contributed by atoms with Gasteiger partial charge in [-0.2, -0.15) is 0 Å². The first-order chi connectivity index (χ1) is 14.5. The van der Waals surface area contributed by atoms with Crippen LogP contribution in [0.15, 0.2) is 58.6 Å². The van der Waals surface area contributed by atoms with Gasteiger partial charge in [0, 0.05) is 16.1 Å². The van der Waals surface area contributed by atoms with Crippen LogP contribution in [0.3, 0.4) is 0 Å². The predicted molar refractivity (Wildman–Crippen MR) is 118 cm³/mol. The van der Waals surface area contributed by atoms with Crippen molar-refractivity contribution in [2.24, 2.45) is 0 Å². The normalized spacial score (nSPS) is 21.4. The standard InChI is InChI=1S/C24H24BrNO4/c1-2-30-19-13-9-15(10-14-19)21-20(22(27)16-7-11-17(25)12-8-16)23(28)24(29)26(21)18-5-3-4-6-18/h7-14,18,21,27H,2-6H2,1H3/b22-20-. The zero-order valence-corrected chi connectivity index (χ0v) is 18.4. The maximum atomic E-state index is 13.1. The van der Waals surface area contributed by atoms with Crippen LogP contribution in [-0.2, 0) is 9.59 Å². The van der Waals surface area contributed by atoms with Crippen molar-refractivity contribution in [3.05, 3.63) is 69.7 Å². The van der Waals surface area contributed by atoms with E-state index in [2.05, 4.69) is 15.9 Å². The first-order valence-corrected chi connectivity index (χ1v) is 11.1. The Hall–Kier alpha value is -2.60. The van der Waals surface area contributed by atoms with E-state index < -0.39 is 17.7 Å². The number of ketones is 1. The van der Waals surface area contributed by atoms with Crippen LogP contribution in [0.25, 0.3) is 5.76 Å². The number of hydrogen-bond donors (Lipinski definition) is 1. The van der Waals surface area contributed by atoms with Gasteiger partial charge in [0.2, 0.25) is 0 Å². The van der Waals surface area contributed by atoms with Crippen molar-refractivity contribution in [2.75, 3.05) is 6.61 Å². The lowest BCUT2D eigenvalue weighted by Gasteiger charge is -2.30. The highest BCUT2D eigenvalue weighted by atomic mass is 79.9. The molecule has 1 N–H and O–H groups in total. The van der Waals surface area contributed by atoms with Crippen molar-refractivity contribution in [3.8, 4) is 5.75 Å². The summed E-state index contributed by atoms with van der Waals surface area (Å²) in [6, 6.07) is 13.9. The molecule has 0 spiro atoms. The van der Waals surface area contributed by atoms with E-state index in [1.165, 1.54) is 0 Å². The lowest BCUT2D eigenvalue weighted by atomic mass is 9.94. The summed E-state index contributed by atoms with van der Waals surface area (Å²) in [5.74, 6) is -0.562. The molecule has 1 saturated carbocycles. The zero-order valence-electron chi connectivity index (χ0n) is 16.8. The number of nitrogens with zero attached hydrogens (tertiary/aromatic N) is 1. The molecule has 1 aliphatic carbocycles. The van der Waals surface area contributed by atoms with Crippen LogP contribution >= 0.6 is 15.9 Å². The van der Waals surface area contributed by atoms with Gasteiger partial charge in [0.15, 0.2) is 0 Å². The van der Waals surface area contributed by atoms with Gasteiger partial charge < -0.3 is 14.7 Å². The summed E-state index contributed by atoms with van der Waals surface area (Å²) in [7, 11) is 0. The van der Waals surface area contributed by atoms with E-state index >= 15 is 0 Å². The topological polar surface area (TPSA) is 66.8 Å². The maximum absolute atomic E-state index is 13.1. The molecule has 1 unspecified atom stereocenters. The molecule has 1 atom stereocenters. The van der Waals surface area contributed by atoms with Crippen LogP contribution in [-0.4, -0.2) is 34.3 Å². The van der Waals surface area contributed by atoms with E-state index in [0.717, 1.165) is 41.5 Å². The SMILES string of the molecule is CCOc1ccc(C2/C(=C(/O)c3ccc(Br)cc3)C(=O)C(=O)N2C2CCCC2)cc1. The van der Waals surface area contributed by atoms with E-state index in [1.807, 2.05) is 31.2 Å². The summed E-state index contributed by atoms with van der Waals surface area (Å²) < 4.78 is 6.40. The van der Waals surface area contributed by atoms with Crippen LogP contribution in [0.4, 0.5) is 0 Å². The number of hydrogen-bond acceptors (Lipinski definition) is 4. The van der Waals surface area contributed by atoms with E-state index in [1.54, 1.807) is 29.2 Å². The van der Waals surface area contributed by atoms with E-state index in [9.17, 15) is 14.7 Å². The Morgan fingerprint density at radius 2 is 1.70 bits per heavy atom. The Morgan fingerprint density at radius 1 is 1.07 bits per heavy atom. The largest absolute Gasteiger partial charge is 0.507 e. The second-order valence-electron chi connectivity index (χ2n) is 7.65. The van der Waals surface area contributed by atoms with Gasteiger partial charge in [-0.3, -0.25) is 9.59 Å². The van der Waals surface area contributed by atoms with E-state index in [4.69, 9.17) is 4.74 Å². The fourth-order valence-electron chi connectivity index (χ4n) is 4.41. The minimum absolute atomic E-state index is 0.00763. The molecule has 2 fully saturated rings. The summed E-state index contributed by atoms with van der Waals surface area (Å²) >= 11 is 3.38. The number of aliphatic hydroxyl groups is 1. The van der Waals surface area contributed by atoms with Crippen molar-refractivity contribution >= 4 is 33.4 Å². The minimum atomic E-state index is -0.624. The van der Waals surface area contributed by atoms with Crippen molar-refractivity contribution in [1.29, 1.82) is 0 Å². The Balaban J connectivity index is 1.83. The Bertz CT molecular complexity index is 975. The van der Waals surface area contributed by atoms with Gasteiger partial charge in [-0.15, -0.1) is 0 Å². The van der Waals surface area contributed by atoms with Crippen LogP contribution in [0.5, 0.6) is 5.75 Å². The first kappa shape index (κ1) is 20.7. The highest BCUT2D eigenvalue weighted by Crippen LogP contribution is 2.43. The number of benzene rings is 2. The van der Waals surface area contributed by atoms with Gasteiger partial charge in [0.1, 0.15) is 11.5 Å². The molecule has 156 valence electrons. The third-order valence-electron chi connectivity index (χ3n) is 5.82. The highest BCUT2D eigenvalue weighted by Gasteiger charge is 2.49. The summed E-state index contributed by atoms with van der Waals surface area (Å²) in [6.07, 6.45) is 3.82. The second-order valence-corrected chi connectivity index (χ2v) is 8.57. The first-order valence-electron chi connectivity index (χ1n) is 10.3. The molecular formula is C24H24BrNO4. The van der Waals surface area contributed by atoms with Gasteiger partial charge in [-0.1, -0.05) is 53.0 Å². The summed E-state index contributed by atoms with van der Waals surface area (Å²) in [4.78, 5) is 27.8. The van der Waals surface area contributed by atoms with Crippen molar-refractivity contribution in [1.82, 2.24) is 4.90 Å². The van der Waals surface area contributed by atoms with Gasteiger partial charge in [0.05, 0.1) is 18.2 Å². The third-order valence-corrected chi connectivity index (χ3v) is 6.35. The van der Waals surface area contributed by atoms with Crippen LogP contribution in [0, 0.1) is 0 Å². The molecule has 2 aromatic rings. The molecule has 2 aromatic carbocycles. The predicted octanol–water partition coefficient (Wildman–Crippen LogP) is 5.21. The third kappa shape index (κ3) is 3.76. The van der Waals surface area contributed by atoms with Crippen LogP contribution < -0.4 is 4.74 Å². The Morgan fingerprint density at radius 3 is 2.30 bits per heavy atom. The molecule has 30 heavy (non-hydrogen) atoms. The lowest BCUT2D eigenvalue weighted by molar-refractivity contribution is -0.141. The smallest absolute Gasteiger partial charge is 0.295 e. The molecule has 5 nitrogen and oxygen atoms in total. The molecule has 4 rings (SSSR count). The molecule has 1 amide bonds. The quantitative estimate of drug-likeness (QED) is 0.370. The molecule has 0 aromatic heterocycles. The Labute approximate surface area is 184 Å². The fourth-order valence-corrected chi connectivity index (χ4v) is 4.68. The molecule has 1 heterocycles. The summed E-state index contributed by atoms with van der Waals surface area (Å²) in [5.41, 5.74) is 1.46. The number of aliphatic hydroxyl groups excluding tert-OH is 1. The number of rotatable bonds is 5. The number of carbonyl (C=O) groups excluding carboxylic acids is 2. The van der Waals surface area contributed by atoms with E-state index in [-0.39, 0.29) is 17.4 Å². The number of likely N-dealkylation sites (tertiary alicyclic amines) is 1. The van der Waals surface area contributed by atoms with Crippen LogP contribution in [0.2, 0.25) is 0 Å². The monoisotopic (exact) mass is 469 g/mol. The van der Waals surface area contributed by atoms with Crippen molar-refractivity contribution < 1.29 is 19.4 Å². The number of amides is 1. The number of carbonyl (C=O) groups is 2. The molecular weight excluding hydrogens is 446 g/mol. The molecule has 0 radical (unpaired) electrons. The number of ether oxygens (including phenoxy) is 1. The lowest BCUT2D eigenvalue weighted by Crippen LogP contribution is -2.37. The molecule has 0 bridgehead atoms. The summed E-state index contributed by atoms with van der Waals surface area (Å²) in [6.45, 7) is 2.48. The second kappa shape index (κ2) is 8.64. The van der Waals surface area contributed by atoms with E-state index in [0.29, 0.717) is 12.2 Å². The van der Waals surface area contributed by atoms with Gasteiger partial charge in [0.25, 0.3) is 11.7 Å². The zero-order chi connectivity index (χ0) is 21.3. The average Bonchev–Trinajstić information content (AvgIpc) is 3.36. The Kier molecular flexibility index (Phi) is 5.95. The van der Waals surface area contributed by atoms with Crippen LogP contribution in [0.1, 0.15) is 49.8 Å². The highest BCUT2D eigenvalue weighted by molar-refractivity contribution is 9.10. The molecule has 6 heteroatoms. The molecule has 2 aliphatic rings. The van der Waals surface area contributed by atoms with Crippen molar-refractivity contribution in [3.63, 3.8) is 0 Å². The molecule has 1 aliphatic heterocycles. The van der Waals surface area contributed by atoms with Gasteiger partial charge >= 0.3 is 0 Å². The minimum Gasteiger partial charge on any atom is -0.507 e. The summed E-state index contributed by atoms with van der Waals surface area (Å²) in [5, 5.41) is 11.1. The number of halogens is 1. The average molecular weight is 470 g/mol. The van der Waals surface area contributed by atoms with Gasteiger partial charge in [-0.05, 0) is 49.6 Å². The van der Waals surface area contributed by atoms with Crippen molar-refractivity contribution in [2.45, 2.75) is 44.7 Å². The maximum Gasteiger partial charge on any atom is 0.295 e. The fraction of sp³-hybridized carbons (Fsp3) is 0.333. The van der Waals surface area contributed by atoms with Gasteiger partial charge in [-0.25, -0.2) is 0 Å². The molecule has 1 saturated heterocycles. The number of Topliss-reactive ketones (excluding diaryl/α,β-unsaturated/α-hetero) is 1.